The highest BCUT2D eigenvalue weighted by Gasteiger charge is 1.95. The Morgan fingerprint density at radius 1 is 1.29 bits per heavy atom. The molecule has 14 heavy (non-hydrogen) atoms. The molecule has 0 radical (unpaired) electrons. The first kappa shape index (κ1) is 10.8. The van der Waals surface area contributed by atoms with Crippen LogP contribution >= 0.6 is 0 Å². The van der Waals surface area contributed by atoms with Gasteiger partial charge < -0.3 is 0 Å². The van der Waals surface area contributed by atoms with E-state index in [2.05, 4.69) is 56.0 Å². The highest BCUT2D eigenvalue weighted by Crippen LogP contribution is 2.11. The number of hydrogen-bond donors (Lipinski definition) is 0. The maximum Gasteiger partial charge on any atom is 0.0130 e. The topological polar surface area (TPSA) is 0 Å². The molecule has 0 amide bonds. The van der Waals surface area contributed by atoms with Gasteiger partial charge in [0.2, 0.25) is 0 Å². The maximum absolute atomic E-state index is 3.83. The minimum absolute atomic E-state index is 0.367. The lowest BCUT2D eigenvalue weighted by molar-refractivity contribution is 1.02. The van der Waals surface area contributed by atoms with Gasteiger partial charge in [-0.3, -0.25) is 0 Å². The van der Waals surface area contributed by atoms with Gasteiger partial charge in [-0.25, -0.2) is 0 Å². The minimum atomic E-state index is 0.367. The van der Waals surface area contributed by atoms with E-state index < -0.39 is 0 Å². The fourth-order valence-electron chi connectivity index (χ4n) is 1.39. The molecule has 0 aliphatic heterocycles. The van der Waals surface area contributed by atoms with Gasteiger partial charge in [-0.1, -0.05) is 54.2 Å². The van der Waals surface area contributed by atoms with E-state index in [1.165, 1.54) is 5.57 Å². The van der Waals surface area contributed by atoms with Crippen LogP contribution in [0.15, 0.2) is 60.8 Å². The lowest BCUT2D eigenvalue weighted by Gasteiger charge is -2.02. The Balaban J connectivity index is 2.79. The number of hydrogen-bond acceptors (Lipinski definition) is 0. The Morgan fingerprint density at radius 2 is 2.14 bits per heavy atom. The maximum atomic E-state index is 3.83. The first-order valence-electron chi connectivity index (χ1n) is 5.11. The molecule has 0 heterocycles. The van der Waals surface area contributed by atoms with Crippen LogP contribution in [0.5, 0.6) is 0 Å². The third-order valence-corrected chi connectivity index (χ3v) is 2.21. The second-order valence-electron chi connectivity index (χ2n) is 3.55. The second kappa shape index (κ2) is 6.20. The minimum Gasteiger partial charge on any atom is -0.102 e. The standard InChI is InChI=1S/C14H18/c1-3-14-11-9-7-5-4-6-8-10-13(2)12-14/h3,5-9,11-12,14H,1,4,10H2,2H3/b7-5-,8-6-,11-9-,13-12-. The van der Waals surface area contributed by atoms with Crippen molar-refractivity contribution in [1.29, 1.82) is 0 Å². The van der Waals surface area contributed by atoms with Gasteiger partial charge in [0.05, 0.1) is 0 Å². The zero-order valence-electron chi connectivity index (χ0n) is 8.82. The molecule has 0 heteroatoms. The SMILES string of the molecule is C=CC1/C=C\C=C/C/C=C\C/C(C)=C\1. The predicted molar refractivity (Wildman–Crippen MR) is 64.1 cm³/mol. The number of rotatable bonds is 1. The van der Waals surface area contributed by atoms with Crippen molar-refractivity contribution in [2.45, 2.75) is 19.8 Å². The summed E-state index contributed by atoms with van der Waals surface area (Å²) in [6, 6.07) is 0. The van der Waals surface area contributed by atoms with Gasteiger partial charge in [-0.15, -0.1) is 6.58 Å². The molecular formula is C14H18. The molecule has 0 N–H and O–H groups in total. The molecule has 0 spiro atoms. The van der Waals surface area contributed by atoms with Crippen molar-refractivity contribution in [3.05, 3.63) is 60.8 Å². The summed E-state index contributed by atoms with van der Waals surface area (Å²) in [6.07, 6.45) is 19.2. The molecule has 0 saturated heterocycles. The Hall–Kier alpha value is -1.30. The third kappa shape index (κ3) is 4.08. The third-order valence-electron chi connectivity index (χ3n) is 2.21. The van der Waals surface area contributed by atoms with E-state index in [4.69, 9.17) is 0 Å². The van der Waals surface area contributed by atoms with E-state index in [0.29, 0.717) is 5.92 Å². The number of allylic oxidation sites excluding steroid dienone is 9. The Bertz CT molecular complexity index is 287. The van der Waals surface area contributed by atoms with Crippen LogP contribution in [0.25, 0.3) is 0 Å². The summed E-state index contributed by atoms with van der Waals surface area (Å²) in [6.45, 7) is 6.00. The summed E-state index contributed by atoms with van der Waals surface area (Å²) in [5.74, 6) is 0.367. The van der Waals surface area contributed by atoms with E-state index in [1.807, 2.05) is 6.08 Å². The molecule has 1 atom stereocenters. The molecule has 0 saturated carbocycles. The van der Waals surface area contributed by atoms with Gasteiger partial charge in [-0.05, 0) is 19.8 Å². The molecule has 0 aromatic rings. The molecule has 0 aromatic heterocycles. The van der Waals surface area contributed by atoms with E-state index in [9.17, 15) is 0 Å². The normalized spacial score (nSPS) is 33.2. The molecular weight excluding hydrogens is 168 g/mol. The average molecular weight is 186 g/mol. The monoisotopic (exact) mass is 186 g/mol. The lowest BCUT2D eigenvalue weighted by Crippen LogP contribution is -1.86. The van der Waals surface area contributed by atoms with Crippen molar-refractivity contribution in [2.75, 3.05) is 0 Å². The van der Waals surface area contributed by atoms with Gasteiger partial charge in [0.1, 0.15) is 0 Å². The fourth-order valence-corrected chi connectivity index (χ4v) is 1.39. The summed E-state index contributed by atoms with van der Waals surface area (Å²) in [5, 5.41) is 0. The van der Waals surface area contributed by atoms with Crippen LogP contribution in [0.4, 0.5) is 0 Å². The van der Waals surface area contributed by atoms with E-state index in [0.717, 1.165) is 12.8 Å². The average Bonchev–Trinajstić information content (AvgIpc) is 2.23. The Morgan fingerprint density at radius 3 is 2.93 bits per heavy atom. The van der Waals surface area contributed by atoms with Crippen LogP contribution in [0.1, 0.15) is 19.8 Å². The molecule has 0 fully saturated rings. The first-order chi connectivity index (χ1) is 6.83. The Kier molecular flexibility index (Phi) is 4.77. The predicted octanol–water partition coefficient (Wildman–Crippen LogP) is 4.20. The molecule has 1 aliphatic carbocycles. The molecule has 1 unspecified atom stereocenters. The van der Waals surface area contributed by atoms with Crippen molar-refractivity contribution < 1.29 is 0 Å². The van der Waals surface area contributed by atoms with Crippen molar-refractivity contribution in [2.24, 2.45) is 5.92 Å². The molecule has 0 nitrogen and oxygen atoms in total. The van der Waals surface area contributed by atoms with E-state index in [-0.39, 0.29) is 0 Å². The van der Waals surface area contributed by atoms with Crippen molar-refractivity contribution in [3.63, 3.8) is 0 Å². The van der Waals surface area contributed by atoms with Gasteiger partial charge >= 0.3 is 0 Å². The van der Waals surface area contributed by atoms with Gasteiger partial charge in [0.25, 0.3) is 0 Å². The quantitative estimate of drug-likeness (QED) is 0.538. The molecule has 1 aliphatic rings. The van der Waals surface area contributed by atoms with E-state index in [1.54, 1.807) is 0 Å². The van der Waals surface area contributed by atoms with Crippen LogP contribution in [-0.4, -0.2) is 0 Å². The van der Waals surface area contributed by atoms with Gasteiger partial charge in [0, 0.05) is 5.92 Å². The summed E-state index contributed by atoms with van der Waals surface area (Å²) < 4.78 is 0. The fraction of sp³-hybridized carbons (Fsp3) is 0.286. The molecule has 0 aromatic carbocycles. The summed E-state index contributed by atoms with van der Waals surface area (Å²) in [7, 11) is 0. The summed E-state index contributed by atoms with van der Waals surface area (Å²) in [5.41, 5.74) is 1.40. The first-order valence-corrected chi connectivity index (χ1v) is 5.11. The van der Waals surface area contributed by atoms with Crippen LogP contribution in [0, 0.1) is 5.92 Å². The zero-order chi connectivity index (χ0) is 10.2. The van der Waals surface area contributed by atoms with E-state index >= 15 is 0 Å². The molecule has 1 rings (SSSR count). The Labute approximate surface area is 87.0 Å². The second-order valence-corrected chi connectivity index (χ2v) is 3.55. The van der Waals surface area contributed by atoms with Crippen LogP contribution in [0.2, 0.25) is 0 Å². The molecule has 0 bridgehead atoms. The van der Waals surface area contributed by atoms with Crippen molar-refractivity contribution in [1.82, 2.24) is 0 Å². The lowest BCUT2D eigenvalue weighted by atomic mass is 10.0. The van der Waals surface area contributed by atoms with Gasteiger partial charge in [0.15, 0.2) is 0 Å². The van der Waals surface area contributed by atoms with Gasteiger partial charge in [-0.2, -0.15) is 0 Å². The van der Waals surface area contributed by atoms with Crippen molar-refractivity contribution in [3.8, 4) is 0 Å². The summed E-state index contributed by atoms with van der Waals surface area (Å²) >= 11 is 0. The molecule has 74 valence electrons. The highest BCUT2D eigenvalue weighted by atomic mass is 14.0. The largest absolute Gasteiger partial charge is 0.102 e. The van der Waals surface area contributed by atoms with Crippen LogP contribution in [0.3, 0.4) is 0 Å². The highest BCUT2D eigenvalue weighted by molar-refractivity contribution is 5.19. The van der Waals surface area contributed by atoms with Crippen LogP contribution < -0.4 is 0 Å². The zero-order valence-corrected chi connectivity index (χ0v) is 8.82. The van der Waals surface area contributed by atoms with Crippen molar-refractivity contribution >= 4 is 0 Å². The summed E-state index contributed by atoms with van der Waals surface area (Å²) in [4.78, 5) is 0. The smallest absolute Gasteiger partial charge is 0.0130 e. The van der Waals surface area contributed by atoms with Crippen LogP contribution in [-0.2, 0) is 0 Å².